The number of carbonyl (C=O) groups is 2. The zero-order valence-corrected chi connectivity index (χ0v) is 30.4. The van der Waals surface area contributed by atoms with E-state index in [0.717, 1.165) is 0 Å². The Hall–Kier alpha value is -2.04. The fraction of sp³-hybridized carbons (Fsp3) is 0.778. The number of esters is 1. The van der Waals surface area contributed by atoms with Crippen LogP contribution in [0.15, 0.2) is 36.5 Å². The van der Waals surface area contributed by atoms with Gasteiger partial charge in [0.05, 0.1) is 24.9 Å². The molecule has 0 aromatic heterocycles. The topological polar surface area (TPSA) is 174 Å². The number of cyclic esters (lactones) is 1. The molecule has 3 aliphatic heterocycles. The molecule has 2 fully saturated rings. The molecule has 0 aromatic carbocycles. The van der Waals surface area contributed by atoms with E-state index in [-0.39, 0.29) is 42.1 Å². The molecular weight excluding hydrogens is 638 g/mol. The van der Waals surface area contributed by atoms with Gasteiger partial charge in [0.1, 0.15) is 36.1 Å². The fourth-order valence-corrected chi connectivity index (χ4v) is 6.84. The number of hydrogen-bond acceptors (Lipinski definition) is 13. The Morgan fingerprint density at radius 1 is 0.918 bits per heavy atom. The van der Waals surface area contributed by atoms with E-state index >= 15 is 0 Å². The fourth-order valence-electron chi connectivity index (χ4n) is 6.84. The number of aliphatic hydroxyl groups excluding tert-OH is 3. The van der Waals surface area contributed by atoms with Crippen LogP contribution in [-0.2, 0) is 38.0 Å². The maximum absolute atomic E-state index is 13.2. The van der Waals surface area contributed by atoms with Crippen LogP contribution in [0.25, 0.3) is 0 Å². The van der Waals surface area contributed by atoms with E-state index in [1.165, 1.54) is 37.5 Å². The molecule has 13 nitrogen and oxygen atoms in total. The van der Waals surface area contributed by atoms with E-state index in [1.54, 1.807) is 19.9 Å². The minimum atomic E-state index is -1.89. The predicted molar refractivity (Wildman–Crippen MR) is 180 cm³/mol. The molecule has 0 amide bonds. The van der Waals surface area contributed by atoms with Crippen LogP contribution in [-0.4, -0.2) is 138 Å². The third kappa shape index (κ3) is 10.7. The number of allylic oxidation sites excluding steroid dienone is 3. The second-order valence-electron chi connectivity index (χ2n) is 14.2. The van der Waals surface area contributed by atoms with Gasteiger partial charge in [0, 0.05) is 31.1 Å². The first-order chi connectivity index (χ1) is 23.0. The molecule has 2 saturated heterocycles. The van der Waals surface area contributed by atoms with Crippen LogP contribution in [0.1, 0.15) is 60.8 Å². The number of nitrogens with zero attached hydrogens (tertiary/aromatic N) is 1. The smallest absolute Gasteiger partial charge is 0.330 e. The molecule has 0 bridgehead atoms. The Bertz CT molecular complexity index is 1160. The Morgan fingerprint density at radius 2 is 1.61 bits per heavy atom. The highest BCUT2D eigenvalue weighted by atomic mass is 16.7. The van der Waals surface area contributed by atoms with Crippen molar-refractivity contribution in [3.63, 3.8) is 0 Å². The van der Waals surface area contributed by atoms with E-state index in [4.69, 9.17) is 28.4 Å². The van der Waals surface area contributed by atoms with Crippen LogP contribution in [0.4, 0.5) is 0 Å². The molecule has 0 radical (unpaired) electrons. The van der Waals surface area contributed by atoms with Gasteiger partial charge < -0.3 is 53.7 Å². The van der Waals surface area contributed by atoms with Gasteiger partial charge in [0.2, 0.25) is 0 Å². The molecular formula is C36H59NO12. The predicted octanol–water partition coefficient (Wildman–Crippen LogP) is 1.90. The van der Waals surface area contributed by atoms with Crippen molar-refractivity contribution in [2.24, 2.45) is 17.8 Å². The van der Waals surface area contributed by atoms with Crippen LogP contribution in [0.5, 0.6) is 0 Å². The maximum atomic E-state index is 13.2. The highest BCUT2D eigenvalue weighted by Crippen LogP contribution is 2.32. The zero-order chi connectivity index (χ0) is 36.6. The van der Waals surface area contributed by atoms with Gasteiger partial charge in [-0.3, -0.25) is 4.79 Å². The summed E-state index contributed by atoms with van der Waals surface area (Å²) >= 11 is 0. The van der Waals surface area contributed by atoms with Gasteiger partial charge in [0.15, 0.2) is 18.4 Å². The summed E-state index contributed by atoms with van der Waals surface area (Å²) in [6.45, 7) is 10.5. The summed E-state index contributed by atoms with van der Waals surface area (Å²) in [5.41, 5.74) is -1.89. The molecule has 0 saturated carbocycles. The van der Waals surface area contributed by atoms with Crippen molar-refractivity contribution < 1.29 is 58.4 Å². The van der Waals surface area contributed by atoms with E-state index in [9.17, 15) is 30.0 Å². The summed E-state index contributed by atoms with van der Waals surface area (Å²) in [5, 5.41) is 43.8. The molecule has 0 unspecified atom stereocenters. The molecule has 0 aromatic rings. The lowest BCUT2D eigenvalue weighted by Crippen LogP contribution is -2.59. The molecule has 49 heavy (non-hydrogen) atoms. The highest BCUT2D eigenvalue weighted by molar-refractivity contribution is 5.91. The maximum Gasteiger partial charge on any atom is 0.330 e. The summed E-state index contributed by atoms with van der Waals surface area (Å²) in [7, 11) is 5.14. The zero-order valence-electron chi connectivity index (χ0n) is 30.4. The van der Waals surface area contributed by atoms with Crippen molar-refractivity contribution >= 4 is 11.8 Å². The number of likely N-dealkylation sites (N-methyl/N-ethyl adjacent to an activating group) is 1. The second-order valence-corrected chi connectivity index (χ2v) is 14.2. The third-order valence-corrected chi connectivity index (χ3v) is 9.87. The Kier molecular flexibility index (Phi) is 15.6. The number of ether oxygens (including phenoxy) is 6. The molecule has 0 aliphatic carbocycles. The average Bonchev–Trinajstić information content (AvgIpc) is 3.05. The SMILES string of the molecule is CC[C@H]1OC(=O)/C=C/[C@H](C)[C@H](O[C@H]2O[C@@H](C)C[C@H](N(C)C)[C@H]2O)[C@@H](C)C[C@H](C)C(=O)/C=C/C=C\[C@]1(O)CO[C@@H]1O[C@H](C)[C@@H](O)[C@H](O)[C@H]1OC. The lowest BCUT2D eigenvalue weighted by atomic mass is 9.84. The van der Waals surface area contributed by atoms with Gasteiger partial charge in [-0.25, -0.2) is 4.79 Å². The van der Waals surface area contributed by atoms with Crippen molar-refractivity contribution in [1.82, 2.24) is 4.90 Å². The number of rotatable bonds is 8. The van der Waals surface area contributed by atoms with Crippen LogP contribution in [0.3, 0.4) is 0 Å². The Labute approximate surface area is 290 Å². The molecule has 13 heteroatoms. The lowest BCUT2D eigenvalue weighted by Gasteiger charge is -2.43. The van der Waals surface area contributed by atoms with Crippen LogP contribution in [0, 0.1) is 17.8 Å². The van der Waals surface area contributed by atoms with Crippen molar-refractivity contribution in [2.45, 2.75) is 134 Å². The van der Waals surface area contributed by atoms with Crippen LogP contribution in [0.2, 0.25) is 0 Å². The number of ketones is 1. The Morgan fingerprint density at radius 3 is 2.24 bits per heavy atom. The van der Waals surface area contributed by atoms with Crippen LogP contribution < -0.4 is 0 Å². The van der Waals surface area contributed by atoms with Gasteiger partial charge in [-0.1, -0.05) is 45.9 Å². The molecule has 15 atom stereocenters. The molecule has 4 N–H and O–H groups in total. The molecule has 0 spiro atoms. The summed E-state index contributed by atoms with van der Waals surface area (Å²) < 4.78 is 35.3. The summed E-state index contributed by atoms with van der Waals surface area (Å²) in [5.74, 6) is -1.73. The van der Waals surface area contributed by atoms with Crippen molar-refractivity contribution in [1.29, 1.82) is 0 Å². The van der Waals surface area contributed by atoms with Gasteiger partial charge in [0.25, 0.3) is 0 Å². The number of aliphatic hydroxyl groups is 4. The standard InChI is InChI=1S/C36H59NO12/c1-10-27-36(43,19-45-35-33(44-9)31(42)29(40)24(6)47-35)16-12-11-13-26(38)21(3)17-22(4)32(20(2)14-15-28(39)48-27)49-34-30(41)25(37(7)8)18-23(5)46-34/h11-16,20-25,27,29-35,40-43H,10,17-19H2,1-9H3/b13-11+,15-14+,16-12-/t20-,21-,22-,23-,24+,25-,27+,29+,30+,31-,32-,33+,34+,35+,36-/m0/s1. The number of hydrogen-bond donors (Lipinski definition) is 4. The Balaban J connectivity index is 1.89. The van der Waals surface area contributed by atoms with Gasteiger partial charge in [-0.05, 0) is 65.3 Å². The van der Waals surface area contributed by atoms with E-state index < -0.39 is 73.5 Å². The monoisotopic (exact) mass is 697 g/mol. The minimum absolute atomic E-state index is 0.126. The number of methoxy groups -OCH3 is 1. The summed E-state index contributed by atoms with van der Waals surface area (Å²) in [6.07, 6.45) is 0.995. The largest absolute Gasteiger partial charge is 0.456 e. The van der Waals surface area contributed by atoms with Crippen molar-refractivity contribution in [3.05, 3.63) is 36.5 Å². The quantitative estimate of drug-likeness (QED) is 0.271. The summed E-state index contributed by atoms with van der Waals surface area (Å²) in [4.78, 5) is 28.4. The highest BCUT2D eigenvalue weighted by Gasteiger charge is 2.46. The second kappa shape index (κ2) is 18.5. The van der Waals surface area contributed by atoms with Gasteiger partial charge in [-0.15, -0.1) is 0 Å². The first-order valence-electron chi connectivity index (χ1n) is 17.3. The molecule has 3 heterocycles. The molecule has 3 aliphatic rings. The van der Waals surface area contributed by atoms with Crippen molar-refractivity contribution in [2.75, 3.05) is 27.8 Å². The lowest BCUT2D eigenvalue weighted by molar-refractivity contribution is -0.306. The van der Waals surface area contributed by atoms with Crippen molar-refractivity contribution in [3.8, 4) is 0 Å². The van der Waals surface area contributed by atoms with E-state index in [2.05, 4.69) is 0 Å². The van der Waals surface area contributed by atoms with Gasteiger partial charge in [-0.2, -0.15) is 0 Å². The molecule has 3 rings (SSSR count). The normalized spacial score (nSPS) is 45.1. The summed E-state index contributed by atoms with van der Waals surface area (Å²) in [6, 6.07) is -0.173. The van der Waals surface area contributed by atoms with E-state index in [0.29, 0.717) is 12.8 Å². The third-order valence-electron chi connectivity index (χ3n) is 9.87. The van der Waals surface area contributed by atoms with E-state index in [1.807, 2.05) is 46.7 Å². The number of carbonyl (C=O) groups excluding carboxylic acids is 2. The average molecular weight is 698 g/mol. The molecule has 280 valence electrons. The van der Waals surface area contributed by atoms with Crippen LogP contribution >= 0.6 is 0 Å². The first-order valence-corrected chi connectivity index (χ1v) is 17.3. The minimum Gasteiger partial charge on any atom is -0.456 e. The van der Waals surface area contributed by atoms with Gasteiger partial charge >= 0.3 is 5.97 Å². The first kappa shape index (κ1) is 41.4.